The van der Waals surface area contributed by atoms with Crippen LogP contribution in [0.1, 0.15) is 17.5 Å². The molecule has 2 aromatic rings. The lowest BCUT2D eigenvalue weighted by Gasteiger charge is -2.19. The summed E-state index contributed by atoms with van der Waals surface area (Å²) in [7, 11) is 0. The number of aliphatic imine (C=N–C) groups is 1. The summed E-state index contributed by atoms with van der Waals surface area (Å²) in [5.74, 6) is -0.492. The highest BCUT2D eigenvalue weighted by Gasteiger charge is 2.19. The molecule has 6 nitrogen and oxygen atoms in total. The molecule has 2 N–H and O–H groups in total. The topological polar surface area (TPSA) is 83.5 Å². The smallest absolute Gasteiger partial charge is 0.271 e. The largest absolute Gasteiger partial charge is 0.347 e. The van der Waals surface area contributed by atoms with Crippen molar-refractivity contribution >= 4 is 47.4 Å². The second kappa shape index (κ2) is 9.03. The average molecular weight is 429 g/mol. The molecule has 0 unspecified atom stereocenters. The zero-order chi connectivity index (χ0) is 21.0. The number of aryl methyl sites for hydroxylation is 1. The molecule has 2 heterocycles. The Morgan fingerprint density at radius 3 is 2.79 bits per heavy atom. The molecule has 1 aromatic carbocycles. The van der Waals surface area contributed by atoms with Crippen LogP contribution in [0.5, 0.6) is 0 Å². The Morgan fingerprint density at radius 1 is 1.28 bits per heavy atom. The maximum absolute atomic E-state index is 12.2. The Hall–Kier alpha value is -2.96. The molecule has 0 saturated carbocycles. The number of anilines is 1. The van der Waals surface area contributed by atoms with E-state index in [1.54, 1.807) is 18.5 Å². The van der Waals surface area contributed by atoms with Crippen LogP contribution in [0.15, 0.2) is 59.0 Å². The summed E-state index contributed by atoms with van der Waals surface area (Å²) in [6.07, 6.45) is 5.76. The third kappa shape index (κ3) is 4.72. The van der Waals surface area contributed by atoms with E-state index in [4.69, 9.17) is 23.2 Å². The lowest BCUT2D eigenvalue weighted by atomic mass is 9.97. The molecule has 2 amide bonds. The van der Waals surface area contributed by atoms with Gasteiger partial charge in [-0.25, -0.2) is 0 Å². The van der Waals surface area contributed by atoms with Crippen LogP contribution in [-0.2, 0) is 22.6 Å². The van der Waals surface area contributed by atoms with Gasteiger partial charge in [-0.1, -0.05) is 29.8 Å². The van der Waals surface area contributed by atoms with Crippen molar-refractivity contribution in [1.82, 2.24) is 10.3 Å². The van der Waals surface area contributed by atoms with E-state index < -0.39 is 5.91 Å². The Morgan fingerprint density at radius 2 is 2.07 bits per heavy atom. The number of fused-ring (bicyclic) bond motifs is 1. The average Bonchev–Trinajstić information content (AvgIpc) is 2.73. The maximum atomic E-state index is 12.2. The van der Waals surface area contributed by atoms with E-state index in [1.807, 2.05) is 12.1 Å². The number of carbonyl (C=O) groups is 2. The number of hydrogen-bond acceptors (Lipinski definition) is 4. The van der Waals surface area contributed by atoms with Crippen molar-refractivity contribution in [3.8, 4) is 11.1 Å². The van der Waals surface area contributed by atoms with Gasteiger partial charge in [-0.05, 0) is 54.1 Å². The third-order valence-corrected chi connectivity index (χ3v) is 5.05. The normalized spacial score (nSPS) is 13.7. The molecule has 0 aliphatic carbocycles. The SMILES string of the molecule is C=C/C(Cl)=C(\N=C)C(=O)NCc1cncc(-c2cc(Cl)c3c(c2)CCC(=O)N3)c1. The molecule has 29 heavy (non-hydrogen) atoms. The van der Waals surface area contributed by atoms with Gasteiger partial charge < -0.3 is 10.6 Å². The monoisotopic (exact) mass is 428 g/mol. The van der Waals surface area contributed by atoms with E-state index in [2.05, 4.69) is 33.9 Å². The second-order valence-corrected chi connectivity index (χ2v) is 7.18. The standard InChI is InChI=1S/C21H18Cl2N4O2/c1-3-16(22)20(24-2)21(29)26-10-12-6-15(11-25-9-12)14-7-13-4-5-18(28)27-19(13)17(23)8-14/h3,6-9,11H,1-2,4-5,10H2,(H,26,29)(H,27,28)/b20-16+. The summed E-state index contributed by atoms with van der Waals surface area (Å²) in [6.45, 7) is 7.10. The van der Waals surface area contributed by atoms with Crippen LogP contribution in [0.3, 0.4) is 0 Å². The third-order valence-electron chi connectivity index (χ3n) is 4.42. The quantitative estimate of drug-likeness (QED) is 0.409. The number of halogens is 2. The number of benzene rings is 1. The van der Waals surface area contributed by atoms with E-state index in [0.717, 1.165) is 22.3 Å². The van der Waals surface area contributed by atoms with Gasteiger partial charge in [-0.2, -0.15) is 0 Å². The lowest BCUT2D eigenvalue weighted by molar-refractivity contribution is -0.118. The zero-order valence-electron chi connectivity index (χ0n) is 15.5. The van der Waals surface area contributed by atoms with Crippen LogP contribution in [0.25, 0.3) is 11.1 Å². The number of pyridine rings is 1. The fourth-order valence-corrected chi connectivity index (χ4v) is 3.41. The predicted molar refractivity (Wildman–Crippen MR) is 116 cm³/mol. The van der Waals surface area contributed by atoms with Crippen LogP contribution in [0.2, 0.25) is 5.02 Å². The summed E-state index contributed by atoms with van der Waals surface area (Å²) < 4.78 is 0. The molecule has 3 rings (SSSR count). The van der Waals surface area contributed by atoms with Crippen LogP contribution >= 0.6 is 23.2 Å². The summed E-state index contributed by atoms with van der Waals surface area (Å²) in [5.41, 5.74) is 4.18. The summed E-state index contributed by atoms with van der Waals surface area (Å²) in [5, 5.41) is 6.15. The van der Waals surface area contributed by atoms with E-state index in [1.165, 1.54) is 6.08 Å². The number of nitrogens with one attached hydrogen (secondary N) is 2. The second-order valence-electron chi connectivity index (χ2n) is 6.36. The minimum atomic E-state index is -0.456. The van der Waals surface area contributed by atoms with Crippen LogP contribution in [-0.4, -0.2) is 23.5 Å². The highest BCUT2D eigenvalue weighted by atomic mass is 35.5. The Kier molecular flexibility index (Phi) is 6.46. The molecule has 8 heteroatoms. The van der Waals surface area contributed by atoms with Crippen LogP contribution < -0.4 is 10.6 Å². The van der Waals surface area contributed by atoms with Crippen molar-refractivity contribution in [1.29, 1.82) is 0 Å². The Bertz CT molecular complexity index is 1050. The van der Waals surface area contributed by atoms with Crippen LogP contribution in [0, 0.1) is 0 Å². The molecule has 0 fully saturated rings. The molecule has 0 spiro atoms. The van der Waals surface area contributed by atoms with E-state index in [9.17, 15) is 9.59 Å². The molecule has 0 radical (unpaired) electrons. The molecule has 148 valence electrons. The highest BCUT2D eigenvalue weighted by Crippen LogP contribution is 2.35. The number of aromatic nitrogens is 1. The van der Waals surface area contributed by atoms with E-state index in [0.29, 0.717) is 23.6 Å². The highest BCUT2D eigenvalue weighted by molar-refractivity contribution is 6.34. The van der Waals surface area contributed by atoms with Gasteiger partial charge in [0.25, 0.3) is 5.91 Å². The van der Waals surface area contributed by atoms with Gasteiger partial charge in [-0.15, -0.1) is 0 Å². The van der Waals surface area contributed by atoms with Gasteiger partial charge in [-0.3, -0.25) is 19.6 Å². The molecule has 0 bridgehead atoms. The van der Waals surface area contributed by atoms with Gasteiger partial charge in [0, 0.05) is 30.9 Å². The van der Waals surface area contributed by atoms with Crippen molar-refractivity contribution in [2.24, 2.45) is 4.99 Å². The van der Waals surface area contributed by atoms with Gasteiger partial charge in [0.05, 0.1) is 15.7 Å². The number of hydrogen-bond donors (Lipinski definition) is 2. The first-order chi connectivity index (χ1) is 13.9. The molecule has 0 saturated heterocycles. The minimum Gasteiger partial charge on any atom is -0.347 e. The molecule has 1 aromatic heterocycles. The molecular weight excluding hydrogens is 411 g/mol. The lowest BCUT2D eigenvalue weighted by Crippen LogP contribution is -2.24. The molecule has 0 atom stereocenters. The van der Waals surface area contributed by atoms with Crippen molar-refractivity contribution in [3.05, 3.63) is 70.1 Å². The molecular formula is C21H18Cl2N4O2. The number of amides is 2. The predicted octanol–water partition coefficient (Wildman–Crippen LogP) is 4.24. The van der Waals surface area contributed by atoms with Gasteiger partial charge in [0.1, 0.15) is 5.70 Å². The number of rotatable bonds is 6. The number of carbonyl (C=O) groups excluding carboxylic acids is 2. The fraction of sp³-hybridized carbons (Fsp3) is 0.143. The summed E-state index contributed by atoms with van der Waals surface area (Å²) >= 11 is 12.3. The maximum Gasteiger partial charge on any atom is 0.271 e. The van der Waals surface area contributed by atoms with E-state index >= 15 is 0 Å². The van der Waals surface area contributed by atoms with Crippen molar-refractivity contribution in [2.45, 2.75) is 19.4 Å². The first-order valence-corrected chi connectivity index (χ1v) is 9.52. The van der Waals surface area contributed by atoms with Crippen molar-refractivity contribution < 1.29 is 9.59 Å². The summed E-state index contributed by atoms with van der Waals surface area (Å²) in [4.78, 5) is 31.7. The first-order valence-electron chi connectivity index (χ1n) is 8.76. The Balaban J connectivity index is 1.81. The van der Waals surface area contributed by atoms with Gasteiger partial charge >= 0.3 is 0 Å². The zero-order valence-corrected chi connectivity index (χ0v) is 17.0. The fourth-order valence-electron chi connectivity index (χ4n) is 2.98. The number of allylic oxidation sites excluding steroid dienone is 2. The van der Waals surface area contributed by atoms with E-state index in [-0.39, 0.29) is 23.2 Å². The van der Waals surface area contributed by atoms with Crippen molar-refractivity contribution in [3.63, 3.8) is 0 Å². The molecule has 1 aliphatic rings. The van der Waals surface area contributed by atoms with Crippen molar-refractivity contribution in [2.75, 3.05) is 5.32 Å². The van der Waals surface area contributed by atoms with Gasteiger partial charge in [0.2, 0.25) is 5.91 Å². The Labute approximate surface area is 178 Å². The van der Waals surface area contributed by atoms with Crippen LogP contribution in [0.4, 0.5) is 5.69 Å². The minimum absolute atomic E-state index is 0.00861. The van der Waals surface area contributed by atoms with Gasteiger partial charge in [0.15, 0.2) is 0 Å². The molecule has 1 aliphatic heterocycles. The first kappa shape index (κ1) is 20.8. The summed E-state index contributed by atoms with van der Waals surface area (Å²) in [6, 6.07) is 5.69. The number of nitrogens with zero attached hydrogens (tertiary/aromatic N) is 2.